The van der Waals surface area contributed by atoms with E-state index in [9.17, 15) is 4.79 Å². The molecule has 1 N–H and O–H groups in total. The number of hydrogen-bond donors (Lipinski definition) is 1. The quantitative estimate of drug-likeness (QED) is 0.934. The summed E-state index contributed by atoms with van der Waals surface area (Å²) in [7, 11) is 1.65. The minimum absolute atomic E-state index is 0.0400. The second kappa shape index (κ2) is 6.67. The molecule has 2 aliphatic heterocycles. The van der Waals surface area contributed by atoms with Crippen molar-refractivity contribution in [2.45, 2.75) is 25.4 Å². The van der Waals surface area contributed by atoms with Crippen LogP contribution in [0.4, 0.5) is 16.2 Å². The molecule has 0 bridgehead atoms. The first-order valence-corrected chi connectivity index (χ1v) is 8.80. The fourth-order valence-corrected chi connectivity index (χ4v) is 3.83. The molecule has 0 spiro atoms. The van der Waals surface area contributed by atoms with Gasteiger partial charge in [0, 0.05) is 25.7 Å². The van der Waals surface area contributed by atoms with Crippen LogP contribution in [-0.4, -0.2) is 32.3 Å². The summed E-state index contributed by atoms with van der Waals surface area (Å²) >= 11 is 0. The zero-order valence-electron chi connectivity index (χ0n) is 14.4. The third kappa shape index (κ3) is 3.02. The fourth-order valence-electron chi connectivity index (χ4n) is 3.83. The van der Waals surface area contributed by atoms with Crippen LogP contribution in [0.1, 0.15) is 18.4 Å². The summed E-state index contributed by atoms with van der Waals surface area (Å²) in [6, 6.07) is 16.4. The van der Waals surface area contributed by atoms with Crippen molar-refractivity contribution < 1.29 is 9.53 Å². The lowest BCUT2D eigenvalue weighted by Gasteiger charge is -2.40. The summed E-state index contributed by atoms with van der Waals surface area (Å²) in [6.45, 7) is 2.32. The number of anilines is 2. The molecule has 0 aromatic heterocycles. The van der Waals surface area contributed by atoms with Crippen molar-refractivity contribution in [2.24, 2.45) is 0 Å². The van der Waals surface area contributed by atoms with Gasteiger partial charge in [-0.05, 0) is 42.7 Å². The first kappa shape index (κ1) is 15.8. The van der Waals surface area contributed by atoms with Gasteiger partial charge in [0.1, 0.15) is 5.75 Å². The maximum Gasteiger partial charge on any atom is 0.322 e. The molecule has 2 aliphatic rings. The van der Waals surface area contributed by atoms with E-state index in [1.54, 1.807) is 7.11 Å². The number of urea groups is 1. The van der Waals surface area contributed by atoms with E-state index in [1.165, 1.54) is 12.1 Å². The monoisotopic (exact) mass is 337 g/mol. The summed E-state index contributed by atoms with van der Waals surface area (Å²) in [5.74, 6) is 0.802. The van der Waals surface area contributed by atoms with Gasteiger partial charge >= 0.3 is 6.03 Å². The number of fused-ring (bicyclic) bond motifs is 3. The van der Waals surface area contributed by atoms with E-state index in [-0.39, 0.29) is 6.03 Å². The normalized spacial score (nSPS) is 18.5. The van der Waals surface area contributed by atoms with Gasteiger partial charge in [-0.2, -0.15) is 0 Å². The van der Waals surface area contributed by atoms with Crippen molar-refractivity contribution in [1.82, 2.24) is 5.32 Å². The Kier molecular flexibility index (Phi) is 4.22. The summed E-state index contributed by atoms with van der Waals surface area (Å²) in [5.41, 5.74) is 3.21. The summed E-state index contributed by atoms with van der Waals surface area (Å²) in [6.07, 6.45) is 2.34. The van der Waals surface area contributed by atoms with Crippen molar-refractivity contribution in [3.63, 3.8) is 0 Å². The molecular weight excluding hydrogens is 314 g/mol. The number of methoxy groups -OCH3 is 1. The first-order chi connectivity index (χ1) is 12.3. The molecule has 1 atom stereocenters. The van der Waals surface area contributed by atoms with Crippen molar-refractivity contribution in [3.05, 3.63) is 54.1 Å². The highest BCUT2D eigenvalue weighted by molar-refractivity contribution is 5.97. The zero-order chi connectivity index (χ0) is 17.2. The lowest BCUT2D eigenvalue weighted by Crippen LogP contribution is -2.51. The van der Waals surface area contributed by atoms with Gasteiger partial charge in [-0.3, -0.25) is 4.90 Å². The van der Waals surface area contributed by atoms with Crippen LogP contribution in [0, 0.1) is 0 Å². The SMILES string of the molecule is COc1cccc(CNC(=O)N2C[C@H]3CCCN3c3ccccc32)c1. The van der Waals surface area contributed by atoms with Gasteiger partial charge in [0.25, 0.3) is 0 Å². The third-order valence-corrected chi connectivity index (χ3v) is 5.08. The molecule has 2 amide bonds. The molecular formula is C20H23N3O2. The van der Waals surface area contributed by atoms with E-state index in [0.717, 1.165) is 36.5 Å². The molecule has 1 fully saturated rings. The maximum atomic E-state index is 12.8. The van der Waals surface area contributed by atoms with Gasteiger partial charge in [-0.1, -0.05) is 24.3 Å². The minimum Gasteiger partial charge on any atom is -0.497 e. The lowest BCUT2D eigenvalue weighted by molar-refractivity contribution is 0.245. The van der Waals surface area contributed by atoms with Gasteiger partial charge in [-0.15, -0.1) is 0 Å². The van der Waals surface area contributed by atoms with E-state index in [4.69, 9.17) is 4.74 Å². The van der Waals surface area contributed by atoms with Crippen molar-refractivity contribution in [3.8, 4) is 5.75 Å². The molecule has 1 saturated heterocycles. The Morgan fingerprint density at radius 2 is 2.04 bits per heavy atom. The van der Waals surface area contributed by atoms with Crippen LogP contribution >= 0.6 is 0 Å². The van der Waals surface area contributed by atoms with Crippen molar-refractivity contribution in [2.75, 3.05) is 30.0 Å². The second-order valence-corrected chi connectivity index (χ2v) is 6.60. The predicted molar refractivity (Wildman–Crippen MR) is 99.4 cm³/mol. The molecule has 2 aromatic carbocycles. The Hall–Kier alpha value is -2.69. The minimum atomic E-state index is -0.0400. The predicted octanol–water partition coefficient (Wildman–Crippen LogP) is 3.39. The van der Waals surface area contributed by atoms with E-state index >= 15 is 0 Å². The van der Waals surface area contributed by atoms with Crippen LogP contribution in [-0.2, 0) is 6.54 Å². The van der Waals surface area contributed by atoms with Crippen LogP contribution in [0.2, 0.25) is 0 Å². The third-order valence-electron chi connectivity index (χ3n) is 5.08. The average Bonchev–Trinajstić information content (AvgIpc) is 3.14. The van der Waals surface area contributed by atoms with E-state index in [2.05, 4.69) is 16.3 Å². The lowest BCUT2D eigenvalue weighted by atomic mass is 10.1. The number of hydrogen-bond acceptors (Lipinski definition) is 3. The topological polar surface area (TPSA) is 44.8 Å². The van der Waals surface area contributed by atoms with Gasteiger partial charge in [0.05, 0.1) is 18.5 Å². The van der Waals surface area contributed by atoms with E-state index in [1.807, 2.05) is 47.4 Å². The molecule has 0 saturated carbocycles. The molecule has 5 heteroatoms. The first-order valence-electron chi connectivity index (χ1n) is 8.80. The molecule has 0 radical (unpaired) electrons. The number of rotatable bonds is 3. The van der Waals surface area contributed by atoms with Gasteiger partial charge in [0.15, 0.2) is 0 Å². The molecule has 25 heavy (non-hydrogen) atoms. The highest BCUT2D eigenvalue weighted by Gasteiger charge is 2.35. The molecule has 5 nitrogen and oxygen atoms in total. The maximum absolute atomic E-state index is 12.8. The molecule has 130 valence electrons. The Morgan fingerprint density at radius 3 is 2.88 bits per heavy atom. The highest BCUT2D eigenvalue weighted by atomic mass is 16.5. The van der Waals surface area contributed by atoms with Crippen LogP contribution < -0.4 is 19.9 Å². The molecule has 0 unspecified atom stereocenters. The van der Waals surface area contributed by atoms with Gasteiger partial charge < -0.3 is 15.0 Å². The summed E-state index contributed by atoms with van der Waals surface area (Å²) in [4.78, 5) is 17.2. The van der Waals surface area contributed by atoms with Gasteiger partial charge in [0.2, 0.25) is 0 Å². The summed E-state index contributed by atoms with van der Waals surface area (Å²) in [5, 5.41) is 3.05. The van der Waals surface area contributed by atoms with E-state index in [0.29, 0.717) is 12.6 Å². The molecule has 2 heterocycles. The molecule has 0 aliphatic carbocycles. The van der Waals surface area contributed by atoms with Crippen LogP contribution in [0.3, 0.4) is 0 Å². The van der Waals surface area contributed by atoms with E-state index < -0.39 is 0 Å². The smallest absolute Gasteiger partial charge is 0.322 e. The van der Waals surface area contributed by atoms with Crippen molar-refractivity contribution in [1.29, 1.82) is 0 Å². The second-order valence-electron chi connectivity index (χ2n) is 6.60. The Bertz CT molecular complexity index is 777. The van der Waals surface area contributed by atoms with Crippen LogP contribution in [0.15, 0.2) is 48.5 Å². The summed E-state index contributed by atoms with van der Waals surface area (Å²) < 4.78 is 5.24. The Morgan fingerprint density at radius 1 is 1.20 bits per heavy atom. The standard InChI is InChI=1S/C20H23N3O2/c1-25-17-8-4-6-15(12-17)13-21-20(24)23-14-16-7-5-11-22(16)18-9-2-3-10-19(18)23/h2-4,6,8-10,12,16H,5,7,11,13-14H2,1H3,(H,21,24)/t16-/m1/s1. The number of para-hydroxylation sites is 2. The van der Waals surface area contributed by atoms with Crippen LogP contribution in [0.5, 0.6) is 5.75 Å². The van der Waals surface area contributed by atoms with Gasteiger partial charge in [-0.25, -0.2) is 4.79 Å². The molecule has 4 rings (SSSR count). The molecule has 2 aromatic rings. The Balaban J connectivity index is 1.51. The average molecular weight is 337 g/mol. The fraction of sp³-hybridized carbons (Fsp3) is 0.350. The number of amides is 2. The number of nitrogens with one attached hydrogen (secondary N) is 1. The number of benzene rings is 2. The number of ether oxygens (including phenoxy) is 1. The zero-order valence-corrected chi connectivity index (χ0v) is 14.4. The number of carbonyl (C=O) groups is 1. The van der Waals surface area contributed by atoms with Crippen molar-refractivity contribution >= 4 is 17.4 Å². The number of nitrogens with zero attached hydrogens (tertiary/aromatic N) is 2. The number of carbonyl (C=O) groups excluding carboxylic acids is 1. The Labute approximate surface area is 148 Å². The van der Waals surface area contributed by atoms with Crippen LogP contribution in [0.25, 0.3) is 0 Å². The largest absolute Gasteiger partial charge is 0.497 e. The highest BCUT2D eigenvalue weighted by Crippen LogP contribution is 2.39.